The Kier molecular flexibility index (Phi) is 6.27. The SMILES string of the molecule is Cc1cc(O[C@H]2O[C@H](CO)[C@@H](O)[C@H](O)[C@H]2O)ccc1C(=O)c1ccc(C#N)cc1. The summed E-state index contributed by atoms with van der Waals surface area (Å²) in [5.41, 5.74) is 1.95. The van der Waals surface area contributed by atoms with Gasteiger partial charge in [0.1, 0.15) is 30.2 Å². The van der Waals surface area contributed by atoms with E-state index in [2.05, 4.69) is 0 Å². The van der Waals surface area contributed by atoms with E-state index in [0.29, 0.717) is 22.3 Å². The summed E-state index contributed by atoms with van der Waals surface area (Å²) in [4.78, 5) is 12.7. The highest BCUT2D eigenvalue weighted by Crippen LogP contribution is 2.26. The van der Waals surface area contributed by atoms with Gasteiger partial charge in [-0.2, -0.15) is 5.26 Å². The predicted octanol–water partition coefficient (Wildman–Crippen LogP) is 0.276. The minimum absolute atomic E-state index is 0.216. The summed E-state index contributed by atoms with van der Waals surface area (Å²) in [6.07, 6.45) is -6.90. The maximum atomic E-state index is 12.7. The first-order chi connectivity index (χ1) is 13.8. The van der Waals surface area contributed by atoms with Crippen molar-refractivity contribution in [2.75, 3.05) is 6.61 Å². The van der Waals surface area contributed by atoms with E-state index in [9.17, 15) is 25.2 Å². The summed E-state index contributed by atoms with van der Waals surface area (Å²) in [6.45, 7) is 1.17. The molecule has 8 heteroatoms. The third kappa shape index (κ3) is 4.29. The molecular weight excluding hydrogens is 378 g/mol. The molecule has 29 heavy (non-hydrogen) atoms. The Morgan fingerprint density at radius 1 is 1.10 bits per heavy atom. The van der Waals surface area contributed by atoms with Crippen LogP contribution in [0.4, 0.5) is 0 Å². The Hall–Kier alpha value is -2.80. The first-order valence-corrected chi connectivity index (χ1v) is 8.98. The van der Waals surface area contributed by atoms with Gasteiger partial charge in [0, 0.05) is 11.1 Å². The number of aliphatic hydroxyl groups is 4. The summed E-state index contributed by atoms with van der Waals surface area (Å²) in [7, 11) is 0. The maximum Gasteiger partial charge on any atom is 0.229 e. The van der Waals surface area contributed by atoms with Gasteiger partial charge in [0.2, 0.25) is 6.29 Å². The van der Waals surface area contributed by atoms with Gasteiger partial charge in [0.15, 0.2) is 5.78 Å². The van der Waals surface area contributed by atoms with Gasteiger partial charge in [-0.25, -0.2) is 0 Å². The Morgan fingerprint density at radius 2 is 1.79 bits per heavy atom. The molecule has 152 valence electrons. The Morgan fingerprint density at radius 3 is 2.38 bits per heavy atom. The van der Waals surface area contributed by atoms with Crippen LogP contribution in [-0.2, 0) is 4.74 Å². The van der Waals surface area contributed by atoms with Gasteiger partial charge in [0.05, 0.1) is 18.2 Å². The van der Waals surface area contributed by atoms with Crippen molar-refractivity contribution < 1.29 is 34.7 Å². The molecule has 0 radical (unpaired) electrons. The lowest BCUT2D eigenvalue weighted by Crippen LogP contribution is -2.60. The average molecular weight is 399 g/mol. The first kappa shape index (κ1) is 20.9. The van der Waals surface area contributed by atoms with E-state index in [-0.39, 0.29) is 11.5 Å². The zero-order chi connectivity index (χ0) is 21.1. The monoisotopic (exact) mass is 399 g/mol. The standard InChI is InChI=1S/C21H21NO7/c1-11-8-14(28-21-20(27)19(26)18(25)16(10-23)29-21)6-7-15(11)17(24)13-4-2-12(9-22)3-5-13/h2-8,16,18-21,23,25-27H,10H2,1H3/t16-,18-,19+,20-,21+/m1/s1. The molecule has 0 spiro atoms. The molecular formula is C21H21NO7. The van der Waals surface area contributed by atoms with Crippen LogP contribution in [-0.4, -0.2) is 63.5 Å². The molecule has 3 rings (SSSR count). The first-order valence-electron chi connectivity index (χ1n) is 8.98. The van der Waals surface area contributed by atoms with E-state index in [1.165, 1.54) is 6.07 Å². The van der Waals surface area contributed by atoms with Crippen LogP contribution >= 0.6 is 0 Å². The van der Waals surface area contributed by atoms with Crippen LogP contribution in [0.15, 0.2) is 42.5 Å². The molecule has 2 aromatic carbocycles. The van der Waals surface area contributed by atoms with Crippen LogP contribution in [0.25, 0.3) is 0 Å². The molecule has 0 bridgehead atoms. The lowest BCUT2D eigenvalue weighted by atomic mass is 9.98. The fourth-order valence-corrected chi connectivity index (χ4v) is 3.11. The molecule has 5 atom stereocenters. The van der Waals surface area contributed by atoms with Gasteiger partial charge in [-0.05, 0) is 55.0 Å². The smallest absolute Gasteiger partial charge is 0.229 e. The van der Waals surface area contributed by atoms with E-state index in [1.54, 1.807) is 43.3 Å². The molecule has 0 amide bonds. The molecule has 0 saturated carbocycles. The summed E-state index contributed by atoms with van der Waals surface area (Å²) < 4.78 is 10.9. The number of hydrogen-bond donors (Lipinski definition) is 4. The number of ether oxygens (including phenoxy) is 2. The molecule has 0 aromatic heterocycles. The molecule has 0 unspecified atom stereocenters. The topological polar surface area (TPSA) is 140 Å². The number of aliphatic hydroxyl groups excluding tert-OH is 4. The van der Waals surface area contributed by atoms with E-state index in [1.807, 2.05) is 6.07 Å². The van der Waals surface area contributed by atoms with Crippen LogP contribution < -0.4 is 4.74 Å². The van der Waals surface area contributed by atoms with Gasteiger partial charge < -0.3 is 29.9 Å². The zero-order valence-electron chi connectivity index (χ0n) is 15.6. The molecule has 2 aromatic rings. The second kappa shape index (κ2) is 8.69. The minimum atomic E-state index is -1.54. The van der Waals surface area contributed by atoms with Crippen LogP contribution in [0.3, 0.4) is 0 Å². The number of carbonyl (C=O) groups excluding carboxylic acids is 1. The van der Waals surface area contributed by atoms with Gasteiger partial charge in [-0.1, -0.05) is 0 Å². The number of hydrogen-bond acceptors (Lipinski definition) is 8. The number of nitrogens with zero attached hydrogens (tertiary/aromatic N) is 1. The average Bonchev–Trinajstić information content (AvgIpc) is 2.74. The summed E-state index contributed by atoms with van der Waals surface area (Å²) in [5, 5.41) is 47.8. The van der Waals surface area contributed by atoms with Crippen LogP contribution in [0.2, 0.25) is 0 Å². The number of ketones is 1. The molecule has 0 aliphatic carbocycles. The Labute approximate surface area is 167 Å². The lowest BCUT2D eigenvalue weighted by molar-refractivity contribution is -0.277. The van der Waals surface area contributed by atoms with Gasteiger partial charge in [0.25, 0.3) is 0 Å². The van der Waals surface area contributed by atoms with E-state index < -0.39 is 37.3 Å². The summed E-state index contributed by atoms with van der Waals surface area (Å²) >= 11 is 0. The van der Waals surface area contributed by atoms with Crippen molar-refractivity contribution in [2.24, 2.45) is 0 Å². The third-order valence-electron chi connectivity index (χ3n) is 4.82. The Bertz CT molecular complexity index is 920. The van der Waals surface area contributed by atoms with Crippen molar-refractivity contribution in [3.8, 4) is 11.8 Å². The zero-order valence-corrected chi connectivity index (χ0v) is 15.6. The number of nitriles is 1. The molecule has 1 saturated heterocycles. The number of aryl methyl sites for hydroxylation is 1. The molecule has 1 heterocycles. The normalized spacial score (nSPS) is 26.6. The van der Waals surface area contributed by atoms with E-state index >= 15 is 0 Å². The number of carbonyl (C=O) groups is 1. The summed E-state index contributed by atoms with van der Waals surface area (Å²) in [6, 6.07) is 13.0. The van der Waals surface area contributed by atoms with Crippen molar-refractivity contribution in [1.29, 1.82) is 5.26 Å². The fraction of sp³-hybridized carbons (Fsp3) is 0.333. The van der Waals surface area contributed by atoms with Crippen molar-refractivity contribution in [1.82, 2.24) is 0 Å². The van der Waals surface area contributed by atoms with Gasteiger partial charge in [-0.15, -0.1) is 0 Å². The second-order valence-corrected chi connectivity index (χ2v) is 6.81. The van der Waals surface area contributed by atoms with Gasteiger partial charge in [-0.3, -0.25) is 4.79 Å². The van der Waals surface area contributed by atoms with Crippen molar-refractivity contribution >= 4 is 5.78 Å². The van der Waals surface area contributed by atoms with Crippen molar-refractivity contribution in [3.63, 3.8) is 0 Å². The molecule has 4 N–H and O–H groups in total. The van der Waals surface area contributed by atoms with E-state index in [4.69, 9.17) is 14.7 Å². The highest BCUT2D eigenvalue weighted by molar-refractivity contribution is 6.10. The summed E-state index contributed by atoms with van der Waals surface area (Å²) in [5.74, 6) is 0.0644. The second-order valence-electron chi connectivity index (χ2n) is 6.81. The molecule has 1 aliphatic rings. The Balaban J connectivity index is 1.77. The molecule has 1 fully saturated rings. The minimum Gasteiger partial charge on any atom is -0.462 e. The van der Waals surface area contributed by atoms with Crippen LogP contribution in [0, 0.1) is 18.3 Å². The number of benzene rings is 2. The fourth-order valence-electron chi connectivity index (χ4n) is 3.11. The van der Waals surface area contributed by atoms with Crippen molar-refractivity contribution in [3.05, 3.63) is 64.7 Å². The van der Waals surface area contributed by atoms with Crippen LogP contribution in [0.1, 0.15) is 27.0 Å². The quantitative estimate of drug-likeness (QED) is 0.526. The third-order valence-corrected chi connectivity index (χ3v) is 4.82. The largest absolute Gasteiger partial charge is 0.462 e. The highest BCUT2D eigenvalue weighted by Gasteiger charge is 2.44. The van der Waals surface area contributed by atoms with Gasteiger partial charge >= 0.3 is 0 Å². The lowest BCUT2D eigenvalue weighted by Gasteiger charge is -2.39. The number of rotatable bonds is 5. The molecule has 1 aliphatic heterocycles. The predicted molar refractivity (Wildman–Crippen MR) is 100 cm³/mol. The van der Waals surface area contributed by atoms with Crippen LogP contribution in [0.5, 0.6) is 5.75 Å². The van der Waals surface area contributed by atoms with Crippen molar-refractivity contribution in [2.45, 2.75) is 37.6 Å². The van der Waals surface area contributed by atoms with E-state index in [0.717, 1.165) is 0 Å². The molecule has 8 nitrogen and oxygen atoms in total. The highest BCUT2D eigenvalue weighted by atomic mass is 16.7. The maximum absolute atomic E-state index is 12.7.